The summed E-state index contributed by atoms with van der Waals surface area (Å²) in [7, 11) is 0. The van der Waals surface area contributed by atoms with Crippen LogP contribution < -0.4 is 11.3 Å². The van der Waals surface area contributed by atoms with Gasteiger partial charge >= 0.3 is 0 Å². The molecule has 0 fully saturated rings. The lowest BCUT2D eigenvalue weighted by Gasteiger charge is -2.14. The number of nitrogen functional groups attached to an aromatic ring is 1. The van der Waals surface area contributed by atoms with E-state index in [-0.39, 0.29) is 17.3 Å². The van der Waals surface area contributed by atoms with Gasteiger partial charge in [-0.05, 0) is 32.0 Å². The molecule has 0 spiro atoms. The molecule has 0 atom stereocenters. The number of furan rings is 1. The number of anilines is 1. The maximum absolute atomic E-state index is 12.6. The average Bonchev–Trinajstić information content (AvgIpc) is 2.91. The van der Waals surface area contributed by atoms with Crippen molar-refractivity contribution in [3.8, 4) is 11.5 Å². The number of nitrogens with two attached hydrogens (primary N) is 1. The molecule has 0 aromatic carbocycles. The maximum Gasteiger partial charge on any atom is 0.282 e. The summed E-state index contributed by atoms with van der Waals surface area (Å²) in [6.45, 7) is 3.83. The van der Waals surface area contributed by atoms with Crippen LogP contribution in [-0.2, 0) is 0 Å². The first-order valence-corrected chi connectivity index (χ1v) is 6.30. The molecule has 0 saturated heterocycles. The number of fused-ring (bicyclic) bond motifs is 1. The summed E-state index contributed by atoms with van der Waals surface area (Å²) in [5.41, 5.74) is 7.44. The topological polar surface area (TPSA) is 86.9 Å². The lowest BCUT2D eigenvalue weighted by atomic mass is 10.2. The number of hydrogen-bond acceptors (Lipinski definition) is 5. The summed E-state index contributed by atoms with van der Waals surface area (Å²) in [6.07, 6.45) is 3.08. The molecule has 0 bridgehead atoms. The third kappa shape index (κ3) is 1.77. The predicted octanol–water partition coefficient (Wildman–Crippen LogP) is 2.21. The van der Waals surface area contributed by atoms with Crippen molar-refractivity contribution in [2.75, 3.05) is 5.73 Å². The van der Waals surface area contributed by atoms with Gasteiger partial charge in [0.25, 0.3) is 5.56 Å². The molecule has 0 radical (unpaired) electrons. The van der Waals surface area contributed by atoms with Crippen LogP contribution in [0.25, 0.3) is 22.6 Å². The molecular weight excluding hydrogens is 256 g/mol. The fraction of sp³-hybridized carbons (Fsp3) is 0.214. The normalized spacial score (nSPS) is 11.3. The van der Waals surface area contributed by atoms with E-state index < -0.39 is 0 Å². The molecule has 0 aliphatic heterocycles. The van der Waals surface area contributed by atoms with E-state index in [1.807, 2.05) is 13.8 Å². The first-order chi connectivity index (χ1) is 9.59. The van der Waals surface area contributed by atoms with Crippen LogP contribution in [0.2, 0.25) is 0 Å². The maximum atomic E-state index is 12.6. The summed E-state index contributed by atoms with van der Waals surface area (Å²) < 4.78 is 6.87. The molecule has 0 aliphatic rings. The van der Waals surface area contributed by atoms with Gasteiger partial charge in [0.15, 0.2) is 17.1 Å². The number of aromatic nitrogens is 3. The minimum atomic E-state index is -0.236. The predicted molar refractivity (Wildman–Crippen MR) is 76.3 cm³/mol. The van der Waals surface area contributed by atoms with Gasteiger partial charge in [-0.1, -0.05) is 0 Å². The molecule has 102 valence electrons. The van der Waals surface area contributed by atoms with Gasteiger partial charge in [0.05, 0.1) is 12.0 Å². The third-order valence-corrected chi connectivity index (χ3v) is 3.08. The average molecular weight is 270 g/mol. The van der Waals surface area contributed by atoms with E-state index in [2.05, 4.69) is 9.97 Å². The molecule has 0 amide bonds. The van der Waals surface area contributed by atoms with E-state index in [0.717, 1.165) is 0 Å². The SMILES string of the molecule is CC(C)n1c(=O)c(-c2ccco2)nc2c(N)ccnc21. The molecule has 0 unspecified atom stereocenters. The van der Waals surface area contributed by atoms with E-state index in [1.54, 1.807) is 29.0 Å². The zero-order valence-corrected chi connectivity index (χ0v) is 11.2. The minimum absolute atomic E-state index is 0.0592. The van der Waals surface area contributed by atoms with Gasteiger partial charge in [-0.15, -0.1) is 0 Å². The third-order valence-electron chi connectivity index (χ3n) is 3.08. The number of rotatable bonds is 2. The Balaban J connectivity index is 2.47. The Morgan fingerprint density at radius 2 is 2.15 bits per heavy atom. The molecule has 0 saturated carbocycles. The molecular formula is C14H14N4O2. The highest BCUT2D eigenvalue weighted by molar-refractivity contribution is 5.85. The Kier molecular flexibility index (Phi) is 2.78. The molecule has 6 nitrogen and oxygen atoms in total. The molecule has 0 aliphatic carbocycles. The van der Waals surface area contributed by atoms with Gasteiger partial charge in [-0.2, -0.15) is 0 Å². The summed E-state index contributed by atoms with van der Waals surface area (Å²) in [4.78, 5) is 21.2. The Hall–Kier alpha value is -2.63. The van der Waals surface area contributed by atoms with Crippen molar-refractivity contribution in [1.29, 1.82) is 0 Å². The van der Waals surface area contributed by atoms with E-state index in [0.29, 0.717) is 22.6 Å². The second-order valence-electron chi connectivity index (χ2n) is 4.78. The van der Waals surface area contributed by atoms with Crippen LogP contribution in [0.3, 0.4) is 0 Å². The zero-order chi connectivity index (χ0) is 14.3. The second-order valence-corrected chi connectivity index (χ2v) is 4.78. The fourth-order valence-electron chi connectivity index (χ4n) is 2.17. The largest absolute Gasteiger partial charge is 0.463 e. The van der Waals surface area contributed by atoms with Crippen molar-refractivity contribution in [1.82, 2.24) is 14.5 Å². The van der Waals surface area contributed by atoms with Crippen LogP contribution in [0.5, 0.6) is 0 Å². The minimum Gasteiger partial charge on any atom is -0.463 e. The van der Waals surface area contributed by atoms with E-state index >= 15 is 0 Å². The smallest absolute Gasteiger partial charge is 0.282 e. The first kappa shape index (κ1) is 12.4. The van der Waals surface area contributed by atoms with Gasteiger partial charge in [0.1, 0.15) is 5.52 Å². The van der Waals surface area contributed by atoms with Crippen molar-refractivity contribution in [3.05, 3.63) is 41.0 Å². The van der Waals surface area contributed by atoms with Gasteiger partial charge in [0.2, 0.25) is 0 Å². The molecule has 3 rings (SSSR count). The Morgan fingerprint density at radius 3 is 2.80 bits per heavy atom. The van der Waals surface area contributed by atoms with Crippen LogP contribution >= 0.6 is 0 Å². The van der Waals surface area contributed by atoms with Crippen LogP contribution in [-0.4, -0.2) is 14.5 Å². The quantitative estimate of drug-likeness (QED) is 0.771. The van der Waals surface area contributed by atoms with Crippen molar-refractivity contribution in [2.24, 2.45) is 0 Å². The van der Waals surface area contributed by atoms with Gasteiger partial charge in [-0.3, -0.25) is 9.36 Å². The van der Waals surface area contributed by atoms with Crippen molar-refractivity contribution >= 4 is 16.9 Å². The fourth-order valence-corrected chi connectivity index (χ4v) is 2.17. The van der Waals surface area contributed by atoms with E-state index in [4.69, 9.17) is 10.2 Å². The highest BCUT2D eigenvalue weighted by atomic mass is 16.3. The molecule has 3 aromatic heterocycles. The van der Waals surface area contributed by atoms with Crippen molar-refractivity contribution < 1.29 is 4.42 Å². The highest BCUT2D eigenvalue weighted by Crippen LogP contribution is 2.22. The van der Waals surface area contributed by atoms with E-state index in [1.165, 1.54) is 6.26 Å². The molecule has 3 aromatic rings. The summed E-state index contributed by atoms with van der Waals surface area (Å²) in [5, 5.41) is 0. The van der Waals surface area contributed by atoms with Crippen LogP contribution in [0, 0.1) is 0 Å². The summed E-state index contributed by atoms with van der Waals surface area (Å²) in [5.74, 6) is 0.426. The standard InChI is InChI=1S/C14H14N4O2/c1-8(2)18-13-11(9(15)5-6-16-13)17-12(14(18)19)10-4-3-7-20-10/h3-8H,1-2H3,(H2,15,16). The van der Waals surface area contributed by atoms with Gasteiger partial charge in [0, 0.05) is 12.2 Å². The second kappa shape index (κ2) is 4.48. The lowest BCUT2D eigenvalue weighted by Crippen LogP contribution is -2.26. The monoisotopic (exact) mass is 270 g/mol. The molecule has 6 heteroatoms. The number of pyridine rings is 1. The first-order valence-electron chi connectivity index (χ1n) is 6.30. The van der Waals surface area contributed by atoms with E-state index in [9.17, 15) is 4.79 Å². The van der Waals surface area contributed by atoms with Crippen LogP contribution in [0.15, 0.2) is 39.9 Å². The Morgan fingerprint density at radius 1 is 1.35 bits per heavy atom. The van der Waals surface area contributed by atoms with Crippen molar-refractivity contribution in [3.63, 3.8) is 0 Å². The summed E-state index contributed by atoms with van der Waals surface area (Å²) >= 11 is 0. The Labute approximate surface area is 114 Å². The number of hydrogen-bond donors (Lipinski definition) is 1. The number of nitrogens with zero attached hydrogens (tertiary/aromatic N) is 3. The molecule has 2 N–H and O–H groups in total. The lowest BCUT2D eigenvalue weighted by molar-refractivity contribution is 0.567. The molecule has 3 heterocycles. The highest BCUT2D eigenvalue weighted by Gasteiger charge is 2.18. The zero-order valence-electron chi connectivity index (χ0n) is 11.2. The van der Waals surface area contributed by atoms with Gasteiger partial charge in [-0.25, -0.2) is 9.97 Å². The van der Waals surface area contributed by atoms with Crippen LogP contribution in [0.4, 0.5) is 5.69 Å². The summed E-state index contributed by atoms with van der Waals surface area (Å²) in [6, 6.07) is 5.02. The van der Waals surface area contributed by atoms with Crippen molar-refractivity contribution in [2.45, 2.75) is 19.9 Å². The van der Waals surface area contributed by atoms with Crippen LogP contribution in [0.1, 0.15) is 19.9 Å². The molecule has 20 heavy (non-hydrogen) atoms. The Bertz CT molecular complexity index is 819. The van der Waals surface area contributed by atoms with Gasteiger partial charge < -0.3 is 10.2 Å².